The summed E-state index contributed by atoms with van der Waals surface area (Å²) < 4.78 is 11.0. The van der Waals surface area contributed by atoms with Gasteiger partial charge in [0.25, 0.3) is 0 Å². The number of hydrogen-bond donors (Lipinski definition) is 2. The summed E-state index contributed by atoms with van der Waals surface area (Å²) in [7, 11) is 0. The fourth-order valence-corrected chi connectivity index (χ4v) is 1.75. The molecule has 0 fully saturated rings. The molecule has 0 aliphatic rings. The van der Waals surface area contributed by atoms with Crippen LogP contribution in [0.15, 0.2) is 18.2 Å². The fraction of sp³-hybridized carbons (Fsp3) is 0.571. The van der Waals surface area contributed by atoms with E-state index in [1.165, 1.54) is 0 Å². The second-order valence-electron chi connectivity index (χ2n) is 4.02. The van der Waals surface area contributed by atoms with Crippen LogP contribution in [0, 0.1) is 0 Å². The van der Waals surface area contributed by atoms with Gasteiger partial charge in [-0.2, -0.15) is 0 Å². The van der Waals surface area contributed by atoms with Crippen LogP contribution in [0.3, 0.4) is 0 Å². The quantitative estimate of drug-likeness (QED) is 0.746. The maximum atomic E-state index is 10.0. The van der Waals surface area contributed by atoms with Crippen molar-refractivity contribution in [2.75, 3.05) is 19.8 Å². The Morgan fingerprint density at radius 2 is 1.83 bits per heavy atom. The van der Waals surface area contributed by atoms with Crippen molar-refractivity contribution < 1.29 is 14.6 Å². The molecule has 1 aromatic carbocycles. The average Bonchev–Trinajstić information content (AvgIpc) is 2.38. The third kappa shape index (κ3) is 4.20. The van der Waals surface area contributed by atoms with Gasteiger partial charge in [0.2, 0.25) is 0 Å². The third-order valence-electron chi connectivity index (χ3n) is 2.63. The van der Waals surface area contributed by atoms with Crippen molar-refractivity contribution >= 4 is 0 Å². The van der Waals surface area contributed by atoms with Crippen molar-refractivity contribution in [3.05, 3.63) is 23.8 Å². The van der Waals surface area contributed by atoms with Gasteiger partial charge in [-0.25, -0.2) is 0 Å². The van der Waals surface area contributed by atoms with Gasteiger partial charge in [-0.05, 0) is 50.9 Å². The first-order valence-electron chi connectivity index (χ1n) is 6.50. The van der Waals surface area contributed by atoms with Gasteiger partial charge in [0.1, 0.15) is 0 Å². The molecular formula is C14H23NO3. The molecule has 0 saturated carbocycles. The zero-order valence-corrected chi connectivity index (χ0v) is 11.2. The Labute approximate surface area is 109 Å². The van der Waals surface area contributed by atoms with E-state index in [9.17, 15) is 5.11 Å². The molecule has 1 unspecified atom stereocenters. The maximum Gasteiger partial charge on any atom is 0.161 e. The molecule has 3 N–H and O–H groups in total. The van der Waals surface area contributed by atoms with E-state index in [0.29, 0.717) is 37.7 Å². The van der Waals surface area contributed by atoms with Crippen LogP contribution in [0.5, 0.6) is 11.5 Å². The average molecular weight is 253 g/mol. The molecule has 1 atom stereocenters. The molecule has 0 bridgehead atoms. The molecule has 1 rings (SSSR count). The zero-order chi connectivity index (χ0) is 13.4. The van der Waals surface area contributed by atoms with Crippen molar-refractivity contribution in [1.29, 1.82) is 0 Å². The van der Waals surface area contributed by atoms with Crippen molar-refractivity contribution in [3.63, 3.8) is 0 Å². The van der Waals surface area contributed by atoms with Crippen LogP contribution in [0.4, 0.5) is 0 Å². The highest BCUT2D eigenvalue weighted by Crippen LogP contribution is 2.31. The van der Waals surface area contributed by atoms with Crippen LogP contribution in [0.25, 0.3) is 0 Å². The summed E-state index contributed by atoms with van der Waals surface area (Å²) in [6.07, 6.45) is 0.970. The standard InChI is InChI=1S/C14H23NO3/c1-3-17-13-8-7-11(10-14(13)18-4-2)12(16)6-5-9-15/h7-8,10,12,16H,3-6,9,15H2,1-2H3. The van der Waals surface area contributed by atoms with E-state index in [0.717, 1.165) is 12.0 Å². The number of nitrogens with two attached hydrogens (primary N) is 1. The highest BCUT2D eigenvalue weighted by molar-refractivity contribution is 5.43. The summed E-state index contributed by atoms with van der Waals surface area (Å²) >= 11 is 0. The van der Waals surface area contributed by atoms with E-state index >= 15 is 0 Å². The number of aliphatic hydroxyl groups excluding tert-OH is 1. The Balaban J connectivity index is 2.84. The molecule has 0 amide bonds. The Morgan fingerprint density at radius 1 is 1.17 bits per heavy atom. The van der Waals surface area contributed by atoms with Gasteiger partial charge >= 0.3 is 0 Å². The maximum absolute atomic E-state index is 10.0. The van der Waals surface area contributed by atoms with Gasteiger partial charge < -0.3 is 20.3 Å². The normalized spacial score (nSPS) is 12.2. The van der Waals surface area contributed by atoms with Crippen LogP contribution < -0.4 is 15.2 Å². The summed E-state index contributed by atoms with van der Waals surface area (Å²) in [6.45, 7) is 5.61. The van der Waals surface area contributed by atoms with Crippen LogP contribution >= 0.6 is 0 Å². The lowest BCUT2D eigenvalue weighted by molar-refractivity contribution is 0.164. The lowest BCUT2D eigenvalue weighted by Crippen LogP contribution is -2.05. The van der Waals surface area contributed by atoms with Crippen LogP contribution in [-0.4, -0.2) is 24.9 Å². The van der Waals surface area contributed by atoms with Gasteiger partial charge in [0, 0.05) is 0 Å². The van der Waals surface area contributed by atoms with Crippen LogP contribution in [0.2, 0.25) is 0 Å². The SMILES string of the molecule is CCOc1ccc(C(O)CCCN)cc1OCC. The summed E-state index contributed by atoms with van der Waals surface area (Å²) in [6, 6.07) is 5.56. The number of ether oxygens (including phenoxy) is 2. The fourth-order valence-electron chi connectivity index (χ4n) is 1.75. The topological polar surface area (TPSA) is 64.7 Å². The predicted molar refractivity (Wildman–Crippen MR) is 72.0 cm³/mol. The van der Waals surface area contributed by atoms with E-state index in [1.807, 2.05) is 32.0 Å². The van der Waals surface area contributed by atoms with Crippen LogP contribution in [-0.2, 0) is 0 Å². The molecule has 0 spiro atoms. The summed E-state index contributed by atoms with van der Waals surface area (Å²) in [5, 5.41) is 10.0. The lowest BCUT2D eigenvalue weighted by Gasteiger charge is -2.15. The molecule has 1 aromatic rings. The molecule has 4 nitrogen and oxygen atoms in total. The van der Waals surface area contributed by atoms with Gasteiger partial charge in [-0.1, -0.05) is 6.07 Å². The molecule has 0 radical (unpaired) electrons. The first-order valence-corrected chi connectivity index (χ1v) is 6.50. The summed E-state index contributed by atoms with van der Waals surface area (Å²) in [5.41, 5.74) is 6.28. The van der Waals surface area contributed by atoms with Crippen molar-refractivity contribution in [2.24, 2.45) is 5.73 Å². The molecular weight excluding hydrogens is 230 g/mol. The number of hydrogen-bond acceptors (Lipinski definition) is 4. The highest BCUT2D eigenvalue weighted by Gasteiger charge is 2.11. The zero-order valence-electron chi connectivity index (χ0n) is 11.2. The third-order valence-corrected chi connectivity index (χ3v) is 2.63. The van der Waals surface area contributed by atoms with E-state index in [1.54, 1.807) is 0 Å². The molecule has 0 heterocycles. The predicted octanol–water partition coefficient (Wildman–Crippen LogP) is 2.26. The van der Waals surface area contributed by atoms with Crippen molar-refractivity contribution in [2.45, 2.75) is 32.8 Å². The highest BCUT2D eigenvalue weighted by atomic mass is 16.5. The van der Waals surface area contributed by atoms with E-state index < -0.39 is 6.10 Å². The molecule has 102 valence electrons. The number of benzene rings is 1. The van der Waals surface area contributed by atoms with Crippen molar-refractivity contribution in [1.82, 2.24) is 0 Å². The monoisotopic (exact) mass is 253 g/mol. The Bertz CT molecular complexity index is 355. The smallest absolute Gasteiger partial charge is 0.161 e. The van der Waals surface area contributed by atoms with E-state index in [2.05, 4.69) is 0 Å². The van der Waals surface area contributed by atoms with E-state index in [-0.39, 0.29) is 0 Å². The second kappa shape index (κ2) is 7.95. The van der Waals surface area contributed by atoms with Gasteiger partial charge in [0.05, 0.1) is 19.3 Å². The Morgan fingerprint density at radius 3 is 2.44 bits per heavy atom. The minimum absolute atomic E-state index is 0.497. The summed E-state index contributed by atoms with van der Waals surface area (Å²) in [4.78, 5) is 0. The minimum Gasteiger partial charge on any atom is -0.490 e. The molecule has 0 aliphatic heterocycles. The second-order valence-corrected chi connectivity index (χ2v) is 4.02. The first-order chi connectivity index (χ1) is 8.72. The van der Waals surface area contributed by atoms with E-state index in [4.69, 9.17) is 15.2 Å². The van der Waals surface area contributed by atoms with Crippen LogP contribution in [0.1, 0.15) is 38.4 Å². The molecule has 4 heteroatoms. The largest absolute Gasteiger partial charge is 0.490 e. The van der Waals surface area contributed by atoms with Gasteiger partial charge in [0.15, 0.2) is 11.5 Å². The molecule has 18 heavy (non-hydrogen) atoms. The van der Waals surface area contributed by atoms with Gasteiger partial charge in [-0.15, -0.1) is 0 Å². The number of aliphatic hydroxyl groups is 1. The lowest BCUT2D eigenvalue weighted by atomic mass is 10.0. The molecule has 0 aromatic heterocycles. The summed E-state index contributed by atoms with van der Waals surface area (Å²) in [5.74, 6) is 1.40. The molecule has 0 saturated heterocycles. The number of rotatable bonds is 8. The van der Waals surface area contributed by atoms with Crippen molar-refractivity contribution in [3.8, 4) is 11.5 Å². The first kappa shape index (κ1) is 14.8. The Kier molecular flexibility index (Phi) is 6.54. The molecule has 0 aliphatic carbocycles. The Hall–Kier alpha value is -1.26. The minimum atomic E-state index is -0.497. The van der Waals surface area contributed by atoms with Gasteiger partial charge in [-0.3, -0.25) is 0 Å².